The van der Waals surface area contributed by atoms with E-state index in [9.17, 15) is 14.5 Å². The van der Waals surface area contributed by atoms with Crippen LogP contribution in [0.4, 0.5) is 10.1 Å². The standard InChI is InChI=1S/C14H12FNO4/c1-9-6-12(4-2-10(9)8-17)20-14-5-3-11(15)7-13(14)16(18)19/h2-7,17H,8H2,1H3. The first-order valence-corrected chi connectivity index (χ1v) is 5.83. The Morgan fingerprint density at radius 1 is 1.30 bits per heavy atom. The lowest BCUT2D eigenvalue weighted by atomic mass is 10.1. The van der Waals surface area contributed by atoms with Crippen LogP contribution in [0.3, 0.4) is 0 Å². The van der Waals surface area contributed by atoms with Crippen LogP contribution in [0.25, 0.3) is 0 Å². The quantitative estimate of drug-likeness (QED) is 0.687. The fourth-order valence-corrected chi connectivity index (χ4v) is 1.76. The second kappa shape index (κ2) is 5.66. The zero-order valence-corrected chi connectivity index (χ0v) is 10.7. The van der Waals surface area contributed by atoms with Crippen LogP contribution in [0.15, 0.2) is 36.4 Å². The Balaban J connectivity index is 2.35. The Hall–Kier alpha value is -2.47. The summed E-state index contributed by atoms with van der Waals surface area (Å²) in [4.78, 5) is 10.2. The maximum absolute atomic E-state index is 13.0. The summed E-state index contributed by atoms with van der Waals surface area (Å²) in [7, 11) is 0. The molecule has 0 aliphatic rings. The molecular formula is C14H12FNO4. The number of ether oxygens (including phenoxy) is 1. The van der Waals surface area contributed by atoms with Gasteiger partial charge in [-0.25, -0.2) is 4.39 Å². The van der Waals surface area contributed by atoms with Gasteiger partial charge in [-0.2, -0.15) is 0 Å². The van der Waals surface area contributed by atoms with Crippen LogP contribution in [-0.4, -0.2) is 10.0 Å². The number of aryl methyl sites for hydroxylation is 1. The highest BCUT2D eigenvalue weighted by Crippen LogP contribution is 2.32. The summed E-state index contributed by atoms with van der Waals surface area (Å²) in [5.74, 6) is -0.349. The van der Waals surface area contributed by atoms with Gasteiger partial charge in [0.25, 0.3) is 0 Å². The largest absolute Gasteiger partial charge is 0.450 e. The molecule has 1 N–H and O–H groups in total. The summed E-state index contributed by atoms with van der Waals surface area (Å²) in [5, 5.41) is 19.9. The summed E-state index contributed by atoms with van der Waals surface area (Å²) in [6.45, 7) is 1.69. The first-order chi connectivity index (χ1) is 9.51. The number of hydrogen-bond acceptors (Lipinski definition) is 4. The number of benzene rings is 2. The van der Waals surface area contributed by atoms with Gasteiger partial charge >= 0.3 is 5.69 Å². The minimum Gasteiger partial charge on any atom is -0.450 e. The Kier molecular flexibility index (Phi) is 3.95. The average molecular weight is 277 g/mol. The van der Waals surface area contributed by atoms with Crippen molar-refractivity contribution in [3.63, 3.8) is 0 Å². The molecule has 0 amide bonds. The maximum Gasteiger partial charge on any atom is 0.314 e. The van der Waals surface area contributed by atoms with E-state index in [1.54, 1.807) is 25.1 Å². The average Bonchev–Trinajstić information content (AvgIpc) is 2.41. The van der Waals surface area contributed by atoms with Crippen LogP contribution in [0.2, 0.25) is 0 Å². The molecule has 0 bridgehead atoms. The van der Waals surface area contributed by atoms with E-state index in [4.69, 9.17) is 9.84 Å². The van der Waals surface area contributed by atoms with Crippen LogP contribution < -0.4 is 4.74 Å². The van der Waals surface area contributed by atoms with E-state index < -0.39 is 16.4 Å². The second-order valence-corrected chi connectivity index (χ2v) is 4.22. The lowest BCUT2D eigenvalue weighted by Gasteiger charge is -2.09. The Morgan fingerprint density at radius 3 is 2.65 bits per heavy atom. The lowest BCUT2D eigenvalue weighted by Crippen LogP contribution is -1.95. The van der Waals surface area contributed by atoms with Crippen molar-refractivity contribution >= 4 is 5.69 Å². The van der Waals surface area contributed by atoms with Crippen molar-refractivity contribution in [1.82, 2.24) is 0 Å². The highest BCUT2D eigenvalue weighted by Gasteiger charge is 2.17. The van der Waals surface area contributed by atoms with Gasteiger partial charge in [-0.05, 0) is 42.3 Å². The molecule has 0 atom stereocenters. The molecule has 20 heavy (non-hydrogen) atoms. The predicted molar refractivity (Wildman–Crippen MR) is 70.2 cm³/mol. The third-order valence-electron chi connectivity index (χ3n) is 2.83. The van der Waals surface area contributed by atoms with Gasteiger partial charge in [-0.1, -0.05) is 6.07 Å². The molecule has 0 aliphatic heterocycles. The number of nitro groups is 1. The third kappa shape index (κ3) is 2.92. The minimum absolute atomic E-state index is 0.0347. The van der Waals surface area contributed by atoms with Crippen LogP contribution in [0.1, 0.15) is 11.1 Å². The molecule has 104 valence electrons. The highest BCUT2D eigenvalue weighted by atomic mass is 19.1. The van der Waals surface area contributed by atoms with Crippen molar-refractivity contribution in [3.05, 3.63) is 63.5 Å². The Labute approximate surface area is 114 Å². The van der Waals surface area contributed by atoms with Crippen LogP contribution >= 0.6 is 0 Å². The molecule has 0 saturated heterocycles. The van der Waals surface area contributed by atoms with E-state index >= 15 is 0 Å². The molecular weight excluding hydrogens is 265 g/mol. The number of rotatable bonds is 4. The van der Waals surface area contributed by atoms with E-state index in [0.29, 0.717) is 5.75 Å². The minimum atomic E-state index is -0.701. The summed E-state index contributed by atoms with van der Waals surface area (Å²) in [6, 6.07) is 8.02. The number of aliphatic hydroxyl groups excluding tert-OH is 1. The van der Waals surface area contributed by atoms with Gasteiger partial charge in [0.2, 0.25) is 5.75 Å². The number of halogens is 1. The lowest BCUT2D eigenvalue weighted by molar-refractivity contribution is -0.385. The predicted octanol–water partition coefficient (Wildman–Crippen LogP) is 3.33. The van der Waals surface area contributed by atoms with Crippen molar-refractivity contribution in [2.24, 2.45) is 0 Å². The molecule has 0 unspecified atom stereocenters. The Bertz CT molecular complexity index is 658. The van der Waals surface area contributed by atoms with Crippen LogP contribution in [0, 0.1) is 22.9 Å². The van der Waals surface area contributed by atoms with Crippen molar-refractivity contribution in [1.29, 1.82) is 0 Å². The summed E-state index contributed by atoms with van der Waals surface area (Å²) < 4.78 is 18.4. The maximum atomic E-state index is 13.0. The monoisotopic (exact) mass is 277 g/mol. The van der Waals surface area contributed by atoms with Gasteiger partial charge in [0.05, 0.1) is 17.6 Å². The summed E-state index contributed by atoms with van der Waals surface area (Å²) in [6.07, 6.45) is 0. The first-order valence-electron chi connectivity index (χ1n) is 5.83. The van der Waals surface area contributed by atoms with Gasteiger partial charge in [0.15, 0.2) is 0 Å². The van der Waals surface area contributed by atoms with E-state index in [1.165, 1.54) is 6.07 Å². The van der Waals surface area contributed by atoms with Crippen molar-refractivity contribution in [2.45, 2.75) is 13.5 Å². The molecule has 5 nitrogen and oxygen atoms in total. The van der Waals surface area contributed by atoms with Gasteiger partial charge in [-0.15, -0.1) is 0 Å². The molecule has 0 fully saturated rings. The second-order valence-electron chi connectivity index (χ2n) is 4.22. The van der Waals surface area contributed by atoms with Crippen molar-refractivity contribution in [2.75, 3.05) is 0 Å². The fraction of sp³-hybridized carbons (Fsp3) is 0.143. The van der Waals surface area contributed by atoms with Crippen molar-refractivity contribution < 1.29 is 19.2 Å². The van der Waals surface area contributed by atoms with Crippen LogP contribution in [0.5, 0.6) is 11.5 Å². The molecule has 0 spiro atoms. The smallest absolute Gasteiger partial charge is 0.314 e. The molecule has 2 rings (SSSR count). The molecule has 0 aromatic heterocycles. The first kappa shape index (κ1) is 14.0. The number of hydrogen-bond donors (Lipinski definition) is 1. The topological polar surface area (TPSA) is 72.6 Å². The number of nitro benzene ring substituents is 1. The van der Waals surface area contributed by atoms with Gasteiger partial charge in [0, 0.05) is 0 Å². The normalized spacial score (nSPS) is 10.3. The Morgan fingerprint density at radius 2 is 2.05 bits per heavy atom. The van der Waals surface area contributed by atoms with Crippen molar-refractivity contribution in [3.8, 4) is 11.5 Å². The summed E-state index contributed by atoms with van der Waals surface area (Å²) >= 11 is 0. The van der Waals surface area contributed by atoms with Gasteiger partial charge < -0.3 is 9.84 Å². The van der Waals surface area contributed by atoms with E-state index in [0.717, 1.165) is 23.3 Å². The van der Waals surface area contributed by atoms with E-state index in [1.807, 2.05) is 0 Å². The molecule has 0 saturated carbocycles. The summed E-state index contributed by atoms with van der Waals surface area (Å²) in [5.41, 5.74) is 1.11. The van der Waals surface area contributed by atoms with Gasteiger partial charge in [0.1, 0.15) is 11.6 Å². The fourth-order valence-electron chi connectivity index (χ4n) is 1.76. The molecule has 2 aromatic carbocycles. The van der Waals surface area contributed by atoms with E-state index in [2.05, 4.69) is 0 Å². The van der Waals surface area contributed by atoms with E-state index in [-0.39, 0.29) is 12.4 Å². The zero-order chi connectivity index (χ0) is 14.7. The molecule has 6 heteroatoms. The highest BCUT2D eigenvalue weighted by molar-refractivity contribution is 5.49. The van der Waals surface area contributed by atoms with Crippen LogP contribution in [-0.2, 0) is 6.61 Å². The SMILES string of the molecule is Cc1cc(Oc2ccc(F)cc2[N+](=O)[O-])ccc1CO. The number of nitrogens with zero attached hydrogens (tertiary/aromatic N) is 1. The molecule has 2 aromatic rings. The van der Waals surface area contributed by atoms with Gasteiger partial charge in [-0.3, -0.25) is 10.1 Å². The molecule has 0 heterocycles. The third-order valence-corrected chi connectivity index (χ3v) is 2.83. The molecule has 0 aliphatic carbocycles. The zero-order valence-electron chi connectivity index (χ0n) is 10.7. The molecule has 0 radical (unpaired) electrons. The number of aliphatic hydroxyl groups is 1.